The summed E-state index contributed by atoms with van der Waals surface area (Å²) in [6.07, 6.45) is 4.37. The molecule has 0 aromatic rings. The van der Waals surface area contributed by atoms with Crippen LogP contribution in [0.15, 0.2) is 0 Å². The molecule has 6 heteroatoms. The fourth-order valence-corrected chi connectivity index (χ4v) is 2.90. The van der Waals surface area contributed by atoms with Crippen molar-refractivity contribution in [3.05, 3.63) is 0 Å². The largest absolute Gasteiger partial charge is 0.511 e. The topological polar surface area (TPSA) is 87.9 Å². The molecular formula is C17H31NO5. The maximum absolute atomic E-state index is 11.9. The quantitative estimate of drug-likeness (QED) is 0.542. The highest BCUT2D eigenvalue weighted by molar-refractivity contribution is 5.70. The third kappa shape index (κ3) is 8.79. The van der Waals surface area contributed by atoms with Crippen molar-refractivity contribution in [2.75, 3.05) is 6.54 Å². The predicted molar refractivity (Wildman–Crippen MR) is 86.6 cm³/mol. The van der Waals surface area contributed by atoms with Gasteiger partial charge >= 0.3 is 12.1 Å². The molecule has 0 amide bonds. The zero-order valence-electron chi connectivity index (χ0n) is 14.6. The van der Waals surface area contributed by atoms with Gasteiger partial charge in [-0.1, -0.05) is 20.3 Å². The number of carbonyl (C=O) groups excluding carboxylic acids is 2. The minimum absolute atomic E-state index is 0.0770. The highest BCUT2D eigenvalue weighted by Crippen LogP contribution is 2.21. The molecule has 0 aromatic heterocycles. The van der Waals surface area contributed by atoms with Crippen LogP contribution in [0.1, 0.15) is 65.7 Å². The van der Waals surface area contributed by atoms with Gasteiger partial charge < -0.3 is 19.9 Å². The molecule has 2 unspecified atom stereocenters. The molecule has 0 heterocycles. The molecule has 1 rings (SSSR count). The Hall–Kier alpha value is -1.30. The molecule has 134 valence electrons. The molecule has 23 heavy (non-hydrogen) atoms. The van der Waals surface area contributed by atoms with Crippen LogP contribution in [-0.2, 0) is 19.0 Å². The first kappa shape index (κ1) is 19.7. The van der Waals surface area contributed by atoms with Crippen LogP contribution in [-0.4, -0.2) is 31.1 Å². The van der Waals surface area contributed by atoms with E-state index in [1.807, 2.05) is 0 Å². The number of rotatable bonds is 8. The SMILES string of the molecule is CC(C)CC(CN)CC(=O)OC(C)OC(=O)OC1CCCCC1. The van der Waals surface area contributed by atoms with Crippen molar-refractivity contribution in [1.82, 2.24) is 0 Å². The van der Waals surface area contributed by atoms with Gasteiger partial charge in [-0.3, -0.25) is 4.79 Å². The maximum Gasteiger partial charge on any atom is 0.511 e. The van der Waals surface area contributed by atoms with Gasteiger partial charge in [0.1, 0.15) is 6.10 Å². The van der Waals surface area contributed by atoms with Crippen molar-refractivity contribution in [1.29, 1.82) is 0 Å². The van der Waals surface area contributed by atoms with Crippen LogP contribution in [0.4, 0.5) is 4.79 Å². The van der Waals surface area contributed by atoms with Gasteiger partial charge in [0, 0.05) is 13.3 Å². The van der Waals surface area contributed by atoms with Crippen LogP contribution >= 0.6 is 0 Å². The molecule has 1 aliphatic rings. The van der Waals surface area contributed by atoms with E-state index in [1.54, 1.807) is 0 Å². The van der Waals surface area contributed by atoms with Gasteiger partial charge in [-0.25, -0.2) is 4.79 Å². The van der Waals surface area contributed by atoms with Crippen LogP contribution in [0.3, 0.4) is 0 Å². The lowest BCUT2D eigenvalue weighted by Crippen LogP contribution is -2.28. The van der Waals surface area contributed by atoms with E-state index in [1.165, 1.54) is 13.3 Å². The first-order valence-electron chi connectivity index (χ1n) is 8.67. The lowest BCUT2D eigenvalue weighted by atomic mass is 9.94. The van der Waals surface area contributed by atoms with E-state index in [0.29, 0.717) is 12.5 Å². The Morgan fingerprint density at radius 3 is 2.30 bits per heavy atom. The molecule has 0 radical (unpaired) electrons. The lowest BCUT2D eigenvalue weighted by Gasteiger charge is -2.22. The lowest BCUT2D eigenvalue weighted by molar-refractivity contribution is -0.170. The van der Waals surface area contributed by atoms with Crippen molar-refractivity contribution >= 4 is 12.1 Å². The smallest absolute Gasteiger partial charge is 0.431 e. The minimum atomic E-state index is -0.948. The summed E-state index contributed by atoms with van der Waals surface area (Å²) >= 11 is 0. The molecule has 1 aliphatic carbocycles. The third-order valence-corrected chi connectivity index (χ3v) is 3.97. The number of ether oxygens (including phenoxy) is 3. The zero-order valence-corrected chi connectivity index (χ0v) is 14.6. The molecule has 0 aromatic carbocycles. The Bertz CT molecular complexity index is 366. The maximum atomic E-state index is 11.9. The first-order chi connectivity index (χ1) is 10.9. The Balaban J connectivity index is 2.26. The summed E-state index contributed by atoms with van der Waals surface area (Å²) < 4.78 is 15.3. The van der Waals surface area contributed by atoms with E-state index in [2.05, 4.69) is 13.8 Å². The predicted octanol–water partition coefficient (Wildman–Crippen LogP) is 3.37. The molecule has 0 spiro atoms. The fourth-order valence-electron chi connectivity index (χ4n) is 2.90. The summed E-state index contributed by atoms with van der Waals surface area (Å²) in [6.45, 7) is 6.12. The second kappa shape index (κ2) is 10.5. The Kier molecular flexibility index (Phi) is 8.99. The van der Waals surface area contributed by atoms with Crippen molar-refractivity contribution in [3.8, 4) is 0 Å². The summed E-state index contributed by atoms with van der Waals surface area (Å²) in [7, 11) is 0. The molecule has 1 saturated carbocycles. The van der Waals surface area contributed by atoms with Crippen LogP contribution in [0.5, 0.6) is 0 Å². The van der Waals surface area contributed by atoms with Gasteiger partial charge in [-0.2, -0.15) is 0 Å². The standard InChI is InChI=1S/C17H31NO5/c1-12(2)9-14(11-18)10-16(19)21-13(3)22-17(20)23-15-7-5-4-6-8-15/h12-15H,4-11,18H2,1-3H3. The first-order valence-corrected chi connectivity index (χ1v) is 8.67. The zero-order chi connectivity index (χ0) is 17.2. The molecule has 2 N–H and O–H groups in total. The van der Waals surface area contributed by atoms with Crippen molar-refractivity contribution < 1.29 is 23.8 Å². The third-order valence-electron chi connectivity index (χ3n) is 3.97. The van der Waals surface area contributed by atoms with E-state index < -0.39 is 18.4 Å². The highest BCUT2D eigenvalue weighted by atomic mass is 16.8. The second-order valence-corrected chi connectivity index (χ2v) is 6.74. The summed E-state index contributed by atoms with van der Waals surface area (Å²) in [6, 6.07) is 0. The van der Waals surface area contributed by atoms with E-state index >= 15 is 0 Å². The molecule has 0 aliphatic heterocycles. The van der Waals surface area contributed by atoms with Gasteiger partial charge in [0.15, 0.2) is 0 Å². The van der Waals surface area contributed by atoms with Gasteiger partial charge in [-0.05, 0) is 50.5 Å². The van der Waals surface area contributed by atoms with Gasteiger partial charge in [0.05, 0.1) is 0 Å². The Morgan fingerprint density at radius 1 is 1.09 bits per heavy atom. The fraction of sp³-hybridized carbons (Fsp3) is 0.882. The van der Waals surface area contributed by atoms with Crippen molar-refractivity contribution in [3.63, 3.8) is 0 Å². The van der Waals surface area contributed by atoms with E-state index in [-0.39, 0.29) is 18.4 Å². The summed E-state index contributed by atoms with van der Waals surface area (Å²) in [4.78, 5) is 23.5. The van der Waals surface area contributed by atoms with E-state index in [0.717, 1.165) is 32.1 Å². The summed E-state index contributed by atoms with van der Waals surface area (Å²) in [5.41, 5.74) is 5.67. The molecule has 2 atom stereocenters. The monoisotopic (exact) mass is 329 g/mol. The molecular weight excluding hydrogens is 298 g/mol. The number of nitrogens with two attached hydrogens (primary N) is 1. The van der Waals surface area contributed by atoms with Crippen LogP contribution in [0.25, 0.3) is 0 Å². The minimum Gasteiger partial charge on any atom is -0.431 e. The van der Waals surface area contributed by atoms with E-state index in [9.17, 15) is 9.59 Å². The van der Waals surface area contributed by atoms with Crippen molar-refractivity contribution in [2.45, 2.75) is 78.1 Å². The van der Waals surface area contributed by atoms with Crippen LogP contribution < -0.4 is 5.73 Å². The van der Waals surface area contributed by atoms with E-state index in [4.69, 9.17) is 19.9 Å². The van der Waals surface area contributed by atoms with Crippen LogP contribution in [0.2, 0.25) is 0 Å². The van der Waals surface area contributed by atoms with Crippen LogP contribution in [0, 0.1) is 11.8 Å². The van der Waals surface area contributed by atoms with Gasteiger partial charge in [-0.15, -0.1) is 0 Å². The Labute approximate surface area is 139 Å². The highest BCUT2D eigenvalue weighted by Gasteiger charge is 2.22. The average molecular weight is 329 g/mol. The number of esters is 1. The average Bonchev–Trinajstić information content (AvgIpc) is 2.46. The summed E-state index contributed by atoms with van der Waals surface area (Å²) in [5, 5.41) is 0. The second-order valence-electron chi connectivity index (χ2n) is 6.74. The number of carbonyl (C=O) groups is 2. The Morgan fingerprint density at radius 2 is 1.74 bits per heavy atom. The molecule has 6 nitrogen and oxygen atoms in total. The van der Waals surface area contributed by atoms with Gasteiger partial charge in [0.2, 0.25) is 6.29 Å². The molecule has 1 fully saturated rings. The molecule has 0 bridgehead atoms. The number of hydrogen-bond donors (Lipinski definition) is 1. The normalized spacial score (nSPS) is 18.3. The summed E-state index contributed by atoms with van der Waals surface area (Å²) in [5.74, 6) is 0.151. The van der Waals surface area contributed by atoms with Crippen molar-refractivity contribution in [2.24, 2.45) is 17.6 Å². The molecule has 0 saturated heterocycles. The number of hydrogen-bond acceptors (Lipinski definition) is 6. The van der Waals surface area contributed by atoms with Gasteiger partial charge in [0.25, 0.3) is 0 Å².